The molecule has 0 bridgehead atoms. The van der Waals surface area contributed by atoms with E-state index >= 15 is 0 Å². The van der Waals surface area contributed by atoms with Gasteiger partial charge in [0.15, 0.2) is 0 Å². The first kappa shape index (κ1) is 26.5. The van der Waals surface area contributed by atoms with E-state index in [0.29, 0.717) is 16.3 Å². The van der Waals surface area contributed by atoms with Crippen molar-refractivity contribution in [1.29, 1.82) is 0 Å². The van der Waals surface area contributed by atoms with Crippen LogP contribution in [0.2, 0.25) is 10.0 Å². The van der Waals surface area contributed by atoms with Crippen molar-refractivity contribution in [2.24, 2.45) is 0 Å². The molecule has 0 aliphatic rings. The maximum Gasteiger partial charge on any atom is 0.324 e. The van der Waals surface area contributed by atoms with Gasteiger partial charge in [-0.15, -0.1) is 0 Å². The molecule has 1 unspecified atom stereocenters. The van der Waals surface area contributed by atoms with Crippen LogP contribution in [0.5, 0.6) is 0 Å². The van der Waals surface area contributed by atoms with Gasteiger partial charge in [0.05, 0.1) is 16.6 Å². The molecule has 0 heterocycles. The fourth-order valence-electron chi connectivity index (χ4n) is 4.04. The number of nitrogens with one attached hydrogen (secondary N) is 1. The Morgan fingerprint density at radius 1 is 0.892 bits per heavy atom. The Labute approximate surface area is 224 Å². The number of amides is 1. The highest BCUT2D eigenvalue weighted by molar-refractivity contribution is 7.92. The summed E-state index contributed by atoms with van der Waals surface area (Å²) in [6.45, 7) is 1.01. The Balaban J connectivity index is 1.80. The Bertz CT molecular complexity index is 1570. The van der Waals surface area contributed by atoms with E-state index in [4.69, 9.17) is 23.2 Å². The van der Waals surface area contributed by atoms with Gasteiger partial charge in [-0.1, -0.05) is 77.8 Å². The summed E-state index contributed by atoms with van der Waals surface area (Å²) < 4.78 is 28.0. The first-order chi connectivity index (χ1) is 17.6. The molecule has 1 amide bonds. The number of anilines is 1. The number of carbonyl (C=O) groups excluding carboxylic acids is 1. The number of sulfonamides is 1. The van der Waals surface area contributed by atoms with Crippen LogP contribution < -0.4 is 9.62 Å². The number of aliphatic carboxylic acids is 1. The zero-order valence-electron chi connectivity index (χ0n) is 19.6. The summed E-state index contributed by atoms with van der Waals surface area (Å²) in [5.74, 6) is -1.72. The van der Waals surface area contributed by atoms with Gasteiger partial charge in [0.2, 0.25) is 0 Å². The molecule has 0 fully saturated rings. The topological polar surface area (TPSA) is 104 Å². The van der Waals surface area contributed by atoms with Crippen molar-refractivity contribution >= 4 is 61.6 Å². The van der Waals surface area contributed by atoms with Gasteiger partial charge in [-0.05, 0) is 48.2 Å². The predicted octanol–water partition coefficient (Wildman–Crippen LogP) is 5.92. The van der Waals surface area contributed by atoms with Crippen molar-refractivity contribution in [2.45, 2.75) is 17.9 Å². The number of rotatable bonds is 8. The van der Waals surface area contributed by atoms with E-state index in [0.717, 1.165) is 9.87 Å². The Morgan fingerprint density at radius 3 is 2.16 bits per heavy atom. The SMILES string of the molecule is CC(NC(=O)c1cccc2c(N(CC(=O)O)S(=O)(=O)c3cc(Cl)cc(Cl)c3)cccc12)c1ccccc1. The van der Waals surface area contributed by atoms with Crippen LogP contribution in [0.1, 0.15) is 28.9 Å². The van der Waals surface area contributed by atoms with E-state index in [-0.39, 0.29) is 32.6 Å². The molecule has 0 aliphatic carbocycles. The fraction of sp³-hybridized carbons (Fsp3) is 0.111. The molecule has 0 aromatic heterocycles. The summed E-state index contributed by atoms with van der Waals surface area (Å²) in [5.41, 5.74) is 1.35. The fourth-order valence-corrected chi connectivity index (χ4v) is 6.20. The lowest BCUT2D eigenvalue weighted by Crippen LogP contribution is -2.36. The number of halogens is 2. The zero-order valence-corrected chi connectivity index (χ0v) is 21.9. The van der Waals surface area contributed by atoms with E-state index in [1.165, 1.54) is 24.3 Å². The van der Waals surface area contributed by atoms with E-state index < -0.39 is 22.5 Å². The van der Waals surface area contributed by atoms with Crippen LogP contribution in [0.3, 0.4) is 0 Å². The first-order valence-corrected chi connectivity index (χ1v) is 13.4. The molecule has 190 valence electrons. The summed E-state index contributed by atoms with van der Waals surface area (Å²) in [6, 6.07) is 22.6. The summed E-state index contributed by atoms with van der Waals surface area (Å²) in [6.07, 6.45) is 0. The molecule has 4 rings (SSSR count). The second-order valence-corrected chi connectivity index (χ2v) is 11.0. The maximum atomic E-state index is 13.6. The van der Waals surface area contributed by atoms with Gasteiger partial charge >= 0.3 is 5.97 Å². The monoisotopic (exact) mass is 556 g/mol. The zero-order chi connectivity index (χ0) is 26.7. The summed E-state index contributed by atoms with van der Waals surface area (Å²) in [4.78, 5) is 24.7. The lowest BCUT2D eigenvalue weighted by Gasteiger charge is -2.25. The summed E-state index contributed by atoms with van der Waals surface area (Å²) in [5, 5.41) is 13.6. The highest BCUT2D eigenvalue weighted by Gasteiger charge is 2.29. The Hall–Kier alpha value is -3.59. The molecule has 1 atom stereocenters. The molecular weight excluding hydrogens is 535 g/mol. The molecule has 0 spiro atoms. The average Bonchev–Trinajstić information content (AvgIpc) is 2.86. The number of benzene rings is 4. The third-order valence-corrected chi connectivity index (χ3v) is 7.94. The van der Waals surface area contributed by atoms with Gasteiger partial charge in [-0.2, -0.15) is 0 Å². The third kappa shape index (κ3) is 5.72. The van der Waals surface area contributed by atoms with E-state index in [9.17, 15) is 23.1 Å². The molecular formula is C27H22Cl2N2O5S. The highest BCUT2D eigenvalue weighted by Crippen LogP contribution is 2.34. The summed E-state index contributed by atoms with van der Waals surface area (Å²) >= 11 is 12.0. The van der Waals surface area contributed by atoms with Crippen LogP contribution >= 0.6 is 23.2 Å². The Morgan fingerprint density at radius 2 is 1.51 bits per heavy atom. The number of nitrogens with zero attached hydrogens (tertiary/aromatic N) is 1. The van der Waals surface area contributed by atoms with Gasteiger partial charge in [0, 0.05) is 21.0 Å². The van der Waals surface area contributed by atoms with Crippen LogP contribution in [0.4, 0.5) is 5.69 Å². The van der Waals surface area contributed by atoms with Crippen molar-refractivity contribution < 1.29 is 23.1 Å². The Kier molecular flexibility index (Phi) is 7.73. The lowest BCUT2D eigenvalue weighted by atomic mass is 10.0. The minimum atomic E-state index is -4.39. The van der Waals surface area contributed by atoms with Crippen LogP contribution in [-0.2, 0) is 14.8 Å². The summed E-state index contributed by atoms with van der Waals surface area (Å²) in [7, 11) is -4.39. The van der Waals surface area contributed by atoms with Gasteiger partial charge in [0.25, 0.3) is 15.9 Å². The average molecular weight is 557 g/mol. The van der Waals surface area contributed by atoms with Crippen LogP contribution in [-0.4, -0.2) is 31.9 Å². The molecule has 4 aromatic rings. The highest BCUT2D eigenvalue weighted by atomic mass is 35.5. The standard InChI is InChI=1S/C27H22Cl2N2O5S/c1-17(18-7-3-2-4-8-18)30-27(34)24-11-5-10-23-22(24)9-6-12-25(23)31(16-26(32)33)37(35,36)21-14-19(28)13-20(29)15-21/h2-15,17H,16H2,1H3,(H,30,34)(H,32,33). The third-order valence-electron chi connectivity index (χ3n) is 5.76. The molecule has 2 N–H and O–H groups in total. The van der Waals surface area contributed by atoms with E-state index in [2.05, 4.69) is 5.32 Å². The van der Waals surface area contributed by atoms with Gasteiger partial charge in [-0.3, -0.25) is 13.9 Å². The minimum Gasteiger partial charge on any atom is -0.480 e. The number of carbonyl (C=O) groups is 2. The second-order valence-electron chi connectivity index (χ2n) is 8.29. The smallest absolute Gasteiger partial charge is 0.324 e. The number of hydrogen-bond donors (Lipinski definition) is 2. The second kappa shape index (κ2) is 10.8. The van der Waals surface area contributed by atoms with Gasteiger partial charge in [-0.25, -0.2) is 8.42 Å². The first-order valence-electron chi connectivity index (χ1n) is 11.2. The van der Waals surface area contributed by atoms with Crippen molar-refractivity contribution in [1.82, 2.24) is 5.32 Å². The van der Waals surface area contributed by atoms with Crippen molar-refractivity contribution in [2.75, 3.05) is 10.8 Å². The van der Waals surface area contributed by atoms with Crippen LogP contribution in [0.25, 0.3) is 10.8 Å². The van der Waals surface area contributed by atoms with Crippen molar-refractivity contribution in [3.8, 4) is 0 Å². The van der Waals surface area contributed by atoms with Crippen LogP contribution in [0, 0.1) is 0 Å². The number of carboxylic acid groups (broad SMARTS) is 1. The molecule has 4 aromatic carbocycles. The predicted molar refractivity (Wildman–Crippen MR) is 145 cm³/mol. The van der Waals surface area contributed by atoms with E-state index in [1.54, 1.807) is 30.3 Å². The maximum absolute atomic E-state index is 13.6. The molecule has 7 nitrogen and oxygen atoms in total. The van der Waals surface area contributed by atoms with Crippen LogP contribution in [0.15, 0.2) is 89.8 Å². The molecule has 0 saturated heterocycles. The van der Waals surface area contributed by atoms with E-state index in [1.807, 2.05) is 37.3 Å². The molecule has 0 saturated carbocycles. The number of hydrogen-bond acceptors (Lipinski definition) is 4. The molecule has 37 heavy (non-hydrogen) atoms. The van der Waals surface area contributed by atoms with Crippen molar-refractivity contribution in [3.63, 3.8) is 0 Å². The lowest BCUT2D eigenvalue weighted by molar-refractivity contribution is -0.135. The molecule has 0 aliphatic heterocycles. The molecule has 0 radical (unpaired) electrons. The normalized spacial score (nSPS) is 12.2. The molecule has 10 heteroatoms. The minimum absolute atomic E-state index is 0.0887. The number of fused-ring (bicyclic) bond motifs is 1. The number of carboxylic acids is 1. The largest absolute Gasteiger partial charge is 0.480 e. The quantitative estimate of drug-likeness (QED) is 0.280. The van der Waals surface area contributed by atoms with Gasteiger partial charge in [0.1, 0.15) is 6.54 Å². The van der Waals surface area contributed by atoms with Gasteiger partial charge < -0.3 is 10.4 Å². The van der Waals surface area contributed by atoms with Crippen molar-refractivity contribution in [3.05, 3.63) is 106 Å².